The summed E-state index contributed by atoms with van der Waals surface area (Å²) >= 11 is 6.24. The second kappa shape index (κ2) is 10.3. The Morgan fingerprint density at radius 1 is 1.21 bits per heavy atom. The highest BCUT2D eigenvalue weighted by molar-refractivity contribution is 6.31. The van der Waals surface area contributed by atoms with Crippen LogP contribution < -0.4 is 5.32 Å². The van der Waals surface area contributed by atoms with E-state index in [1.54, 1.807) is 11.0 Å². The molecule has 0 fully saturated rings. The Kier molecular flexibility index (Phi) is 8.83. The SMILES string of the molecule is CCCC(=O)N(Cc1ccccc1Cl)[C@@H](CC)C(=O)NCC(C)C. The zero-order valence-corrected chi connectivity index (χ0v) is 15.9. The lowest BCUT2D eigenvalue weighted by Crippen LogP contribution is -2.49. The summed E-state index contributed by atoms with van der Waals surface area (Å²) in [5.74, 6) is 0.265. The van der Waals surface area contributed by atoms with Gasteiger partial charge in [0.05, 0.1) is 0 Å². The lowest BCUT2D eigenvalue weighted by atomic mass is 10.1. The van der Waals surface area contributed by atoms with E-state index in [1.807, 2.05) is 45.9 Å². The molecule has 0 heterocycles. The summed E-state index contributed by atoms with van der Waals surface area (Å²) in [7, 11) is 0. The minimum Gasteiger partial charge on any atom is -0.354 e. The summed E-state index contributed by atoms with van der Waals surface area (Å²) in [5, 5.41) is 3.56. The molecule has 0 unspecified atom stereocenters. The summed E-state index contributed by atoms with van der Waals surface area (Å²) < 4.78 is 0. The Labute approximate surface area is 150 Å². The van der Waals surface area contributed by atoms with Crippen LogP contribution in [0.15, 0.2) is 24.3 Å². The Morgan fingerprint density at radius 3 is 2.42 bits per heavy atom. The van der Waals surface area contributed by atoms with Gasteiger partial charge in [-0.15, -0.1) is 0 Å². The Bertz CT molecular complexity index is 546. The van der Waals surface area contributed by atoms with E-state index in [4.69, 9.17) is 11.6 Å². The molecule has 4 nitrogen and oxygen atoms in total. The molecular formula is C19H29ClN2O2. The fraction of sp³-hybridized carbons (Fsp3) is 0.579. The minimum atomic E-state index is -0.473. The second-order valence-electron chi connectivity index (χ2n) is 6.43. The molecular weight excluding hydrogens is 324 g/mol. The molecule has 1 aromatic rings. The molecule has 5 heteroatoms. The van der Waals surface area contributed by atoms with Crippen LogP contribution in [0.1, 0.15) is 52.5 Å². The van der Waals surface area contributed by atoms with Crippen molar-refractivity contribution < 1.29 is 9.59 Å². The maximum absolute atomic E-state index is 12.6. The van der Waals surface area contributed by atoms with Crippen LogP contribution in [-0.4, -0.2) is 29.3 Å². The predicted molar refractivity (Wildman–Crippen MR) is 98.8 cm³/mol. The van der Waals surface area contributed by atoms with Gasteiger partial charge < -0.3 is 10.2 Å². The zero-order chi connectivity index (χ0) is 18.1. The van der Waals surface area contributed by atoms with Crippen LogP contribution in [0, 0.1) is 5.92 Å². The number of hydrogen-bond acceptors (Lipinski definition) is 2. The Balaban J connectivity index is 2.99. The van der Waals surface area contributed by atoms with Crippen LogP contribution in [0.2, 0.25) is 5.02 Å². The van der Waals surface area contributed by atoms with Gasteiger partial charge in [-0.2, -0.15) is 0 Å². The van der Waals surface area contributed by atoms with Crippen LogP contribution in [-0.2, 0) is 16.1 Å². The fourth-order valence-corrected chi connectivity index (χ4v) is 2.71. The number of nitrogens with one attached hydrogen (secondary N) is 1. The minimum absolute atomic E-state index is 0.0102. The second-order valence-corrected chi connectivity index (χ2v) is 6.83. The van der Waals surface area contributed by atoms with Gasteiger partial charge in [0.1, 0.15) is 6.04 Å². The molecule has 24 heavy (non-hydrogen) atoms. The molecule has 0 aromatic heterocycles. The molecule has 0 aliphatic rings. The highest BCUT2D eigenvalue weighted by Crippen LogP contribution is 2.20. The lowest BCUT2D eigenvalue weighted by Gasteiger charge is -2.31. The maximum Gasteiger partial charge on any atom is 0.242 e. The smallest absolute Gasteiger partial charge is 0.242 e. The summed E-state index contributed by atoms with van der Waals surface area (Å²) in [4.78, 5) is 26.8. The molecule has 0 spiro atoms. The molecule has 1 atom stereocenters. The van der Waals surface area contributed by atoms with Gasteiger partial charge in [0.25, 0.3) is 0 Å². The molecule has 2 amide bonds. The third-order valence-electron chi connectivity index (χ3n) is 3.83. The molecule has 0 aliphatic heterocycles. The normalized spacial score (nSPS) is 12.1. The van der Waals surface area contributed by atoms with Gasteiger partial charge in [-0.25, -0.2) is 0 Å². The van der Waals surface area contributed by atoms with Gasteiger partial charge in [0.2, 0.25) is 11.8 Å². The van der Waals surface area contributed by atoms with Crippen molar-refractivity contribution in [3.63, 3.8) is 0 Å². The molecule has 0 bridgehead atoms. The number of halogens is 1. The van der Waals surface area contributed by atoms with Crippen LogP contribution >= 0.6 is 11.6 Å². The Morgan fingerprint density at radius 2 is 1.88 bits per heavy atom. The standard InChI is InChI=1S/C19H29ClN2O2/c1-5-9-18(23)22(13-15-10-7-8-11-16(15)20)17(6-2)19(24)21-12-14(3)4/h7-8,10-11,14,17H,5-6,9,12-13H2,1-4H3,(H,21,24)/t17-/m0/s1. The van der Waals surface area contributed by atoms with E-state index in [-0.39, 0.29) is 11.8 Å². The van der Waals surface area contributed by atoms with Gasteiger partial charge in [-0.1, -0.05) is 57.5 Å². The topological polar surface area (TPSA) is 49.4 Å². The fourth-order valence-electron chi connectivity index (χ4n) is 2.51. The van der Waals surface area contributed by atoms with Crippen molar-refractivity contribution in [1.82, 2.24) is 10.2 Å². The Hall–Kier alpha value is -1.55. The lowest BCUT2D eigenvalue weighted by molar-refractivity contribution is -0.141. The van der Waals surface area contributed by atoms with Gasteiger partial charge in [-0.3, -0.25) is 9.59 Å². The molecule has 0 radical (unpaired) electrons. The van der Waals surface area contributed by atoms with Crippen molar-refractivity contribution in [2.75, 3.05) is 6.54 Å². The first-order chi connectivity index (χ1) is 11.4. The monoisotopic (exact) mass is 352 g/mol. The molecule has 134 valence electrons. The summed E-state index contributed by atoms with van der Waals surface area (Å²) in [5.41, 5.74) is 0.860. The average molecular weight is 353 g/mol. The van der Waals surface area contributed by atoms with Crippen molar-refractivity contribution in [3.05, 3.63) is 34.9 Å². The van der Waals surface area contributed by atoms with E-state index >= 15 is 0 Å². The van der Waals surface area contributed by atoms with Gasteiger partial charge in [0.15, 0.2) is 0 Å². The molecule has 0 aliphatic carbocycles. The third kappa shape index (κ3) is 6.16. The molecule has 1 aromatic carbocycles. The van der Waals surface area contributed by atoms with Crippen molar-refractivity contribution in [2.24, 2.45) is 5.92 Å². The predicted octanol–water partition coefficient (Wildman–Crippen LogP) is 4.02. The zero-order valence-electron chi connectivity index (χ0n) is 15.1. The average Bonchev–Trinajstić information content (AvgIpc) is 2.54. The summed E-state index contributed by atoms with van der Waals surface area (Å²) in [6.45, 7) is 8.95. The summed E-state index contributed by atoms with van der Waals surface area (Å²) in [6, 6.07) is 6.98. The van der Waals surface area contributed by atoms with Crippen LogP contribution in [0.3, 0.4) is 0 Å². The van der Waals surface area contributed by atoms with Gasteiger partial charge >= 0.3 is 0 Å². The molecule has 0 saturated carbocycles. The number of amides is 2. The van der Waals surface area contributed by atoms with Crippen molar-refractivity contribution in [1.29, 1.82) is 0 Å². The number of rotatable bonds is 9. The molecule has 0 saturated heterocycles. The van der Waals surface area contributed by atoms with Gasteiger partial charge in [-0.05, 0) is 30.4 Å². The highest BCUT2D eigenvalue weighted by atomic mass is 35.5. The van der Waals surface area contributed by atoms with E-state index in [9.17, 15) is 9.59 Å². The number of carbonyl (C=O) groups is 2. The quantitative estimate of drug-likeness (QED) is 0.729. The number of nitrogens with zero attached hydrogens (tertiary/aromatic N) is 1. The number of benzene rings is 1. The van der Waals surface area contributed by atoms with Gasteiger partial charge in [0, 0.05) is 24.5 Å². The van der Waals surface area contributed by atoms with Crippen LogP contribution in [0.4, 0.5) is 0 Å². The first-order valence-corrected chi connectivity index (χ1v) is 9.09. The van der Waals surface area contributed by atoms with Crippen LogP contribution in [0.5, 0.6) is 0 Å². The van der Waals surface area contributed by atoms with E-state index in [0.717, 1.165) is 12.0 Å². The van der Waals surface area contributed by atoms with E-state index in [1.165, 1.54) is 0 Å². The third-order valence-corrected chi connectivity index (χ3v) is 4.20. The molecule has 1 N–H and O–H groups in total. The van der Waals surface area contributed by atoms with Crippen molar-refractivity contribution in [3.8, 4) is 0 Å². The number of hydrogen-bond donors (Lipinski definition) is 1. The van der Waals surface area contributed by atoms with E-state index in [0.29, 0.717) is 36.9 Å². The largest absolute Gasteiger partial charge is 0.354 e. The number of carbonyl (C=O) groups excluding carboxylic acids is 2. The first kappa shape index (κ1) is 20.5. The van der Waals surface area contributed by atoms with E-state index < -0.39 is 6.04 Å². The maximum atomic E-state index is 12.6. The van der Waals surface area contributed by atoms with Crippen LogP contribution in [0.25, 0.3) is 0 Å². The first-order valence-electron chi connectivity index (χ1n) is 8.71. The van der Waals surface area contributed by atoms with Crippen molar-refractivity contribution in [2.45, 2.75) is 59.5 Å². The summed E-state index contributed by atoms with van der Waals surface area (Å²) in [6.07, 6.45) is 1.75. The highest BCUT2D eigenvalue weighted by Gasteiger charge is 2.28. The van der Waals surface area contributed by atoms with Crippen molar-refractivity contribution >= 4 is 23.4 Å². The van der Waals surface area contributed by atoms with E-state index in [2.05, 4.69) is 5.32 Å². The molecule has 1 rings (SSSR count).